The van der Waals surface area contributed by atoms with E-state index in [1.165, 1.54) is 0 Å². The minimum absolute atomic E-state index is 0.140. The maximum atomic E-state index is 12.6. The highest BCUT2D eigenvalue weighted by atomic mass is 16.3. The van der Waals surface area contributed by atoms with E-state index in [1.807, 2.05) is 56.4 Å². The first-order valence-electron chi connectivity index (χ1n) is 7.27. The second kappa shape index (κ2) is 6.36. The van der Waals surface area contributed by atoms with Crippen LogP contribution in [0.25, 0.3) is 11.8 Å². The van der Waals surface area contributed by atoms with Gasteiger partial charge in [0.2, 0.25) is 0 Å². The Hall–Kier alpha value is -3.08. The van der Waals surface area contributed by atoms with Crippen molar-refractivity contribution in [3.05, 3.63) is 76.6 Å². The van der Waals surface area contributed by atoms with Crippen LogP contribution in [0.3, 0.4) is 0 Å². The van der Waals surface area contributed by atoms with Crippen LogP contribution in [0.5, 0.6) is 0 Å². The predicted molar refractivity (Wildman–Crippen MR) is 91.6 cm³/mol. The van der Waals surface area contributed by atoms with Gasteiger partial charge in [-0.1, -0.05) is 18.2 Å². The Kier molecular flexibility index (Phi) is 4.10. The summed E-state index contributed by atoms with van der Waals surface area (Å²) >= 11 is 0. The SMILES string of the molecule is Cc1c(N=C/C=C/c2ccco2)c(=O)n(-c2ccccc2)n1C. The molecule has 3 rings (SSSR count). The van der Waals surface area contributed by atoms with Crippen LogP contribution in [-0.4, -0.2) is 15.6 Å². The third-order valence-electron chi connectivity index (χ3n) is 3.62. The Morgan fingerprint density at radius 3 is 2.61 bits per heavy atom. The summed E-state index contributed by atoms with van der Waals surface area (Å²) in [4.78, 5) is 16.9. The summed E-state index contributed by atoms with van der Waals surface area (Å²) in [7, 11) is 1.85. The minimum Gasteiger partial charge on any atom is -0.465 e. The molecule has 3 aromatic rings. The summed E-state index contributed by atoms with van der Waals surface area (Å²) < 4.78 is 8.61. The number of benzene rings is 1. The van der Waals surface area contributed by atoms with Gasteiger partial charge in [0.05, 0.1) is 17.6 Å². The van der Waals surface area contributed by atoms with E-state index in [9.17, 15) is 4.79 Å². The van der Waals surface area contributed by atoms with E-state index in [0.717, 1.165) is 17.1 Å². The lowest BCUT2D eigenvalue weighted by Crippen LogP contribution is -2.19. The molecule has 23 heavy (non-hydrogen) atoms. The fourth-order valence-corrected chi connectivity index (χ4v) is 2.34. The summed E-state index contributed by atoms with van der Waals surface area (Å²) in [6, 6.07) is 13.2. The quantitative estimate of drug-likeness (QED) is 0.693. The van der Waals surface area contributed by atoms with Crippen molar-refractivity contribution in [1.82, 2.24) is 9.36 Å². The monoisotopic (exact) mass is 307 g/mol. The second-order valence-corrected chi connectivity index (χ2v) is 5.06. The van der Waals surface area contributed by atoms with Gasteiger partial charge in [0.25, 0.3) is 5.56 Å². The smallest absolute Gasteiger partial charge is 0.297 e. The normalized spacial score (nSPS) is 11.7. The number of aromatic nitrogens is 2. The highest BCUT2D eigenvalue weighted by Gasteiger charge is 2.14. The first-order chi connectivity index (χ1) is 11.2. The number of hydrogen-bond donors (Lipinski definition) is 0. The molecule has 1 aromatic carbocycles. The molecule has 0 radical (unpaired) electrons. The molecule has 2 aromatic heterocycles. The third-order valence-corrected chi connectivity index (χ3v) is 3.62. The van der Waals surface area contributed by atoms with Crippen LogP contribution >= 0.6 is 0 Å². The molecule has 0 bridgehead atoms. The average Bonchev–Trinajstić information content (AvgIpc) is 3.15. The minimum atomic E-state index is -0.140. The largest absolute Gasteiger partial charge is 0.465 e. The lowest BCUT2D eigenvalue weighted by Gasteiger charge is -2.07. The van der Waals surface area contributed by atoms with Gasteiger partial charge in [-0.15, -0.1) is 0 Å². The first kappa shape index (κ1) is 14.8. The van der Waals surface area contributed by atoms with Crippen molar-refractivity contribution in [1.29, 1.82) is 0 Å². The van der Waals surface area contributed by atoms with Crippen molar-refractivity contribution in [2.75, 3.05) is 0 Å². The molecule has 0 amide bonds. The van der Waals surface area contributed by atoms with E-state index in [-0.39, 0.29) is 5.56 Å². The first-order valence-corrected chi connectivity index (χ1v) is 7.27. The molecule has 5 nitrogen and oxygen atoms in total. The number of furan rings is 1. The Morgan fingerprint density at radius 1 is 1.13 bits per heavy atom. The van der Waals surface area contributed by atoms with E-state index in [2.05, 4.69) is 4.99 Å². The molecule has 0 aliphatic heterocycles. The molecular weight excluding hydrogens is 290 g/mol. The molecule has 0 spiro atoms. The summed E-state index contributed by atoms with van der Waals surface area (Å²) in [5.74, 6) is 0.739. The molecule has 0 saturated carbocycles. The molecule has 2 heterocycles. The van der Waals surface area contributed by atoms with Crippen molar-refractivity contribution in [3.8, 4) is 5.69 Å². The predicted octanol–water partition coefficient (Wildman–Crippen LogP) is 3.49. The standard InChI is InChI=1S/C18H17N3O2/c1-14-17(19-12-6-10-16-11-7-13-23-16)18(22)21(20(14)2)15-8-4-3-5-9-15/h3-13H,1-2H3/b10-6+,19-12?. The van der Waals surface area contributed by atoms with Gasteiger partial charge in [0.1, 0.15) is 5.76 Å². The second-order valence-electron chi connectivity index (χ2n) is 5.06. The van der Waals surface area contributed by atoms with Crippen molar-refractivity contribution < 1.29 is 4.42 Å². The summed E-state index contributed by atoms with van der Waals surface area (Å²) in [5.41, 5.74) is 1.91. The molecule has 0 unspecified atom stereocenters. The van der Waals surface area contributed by atoms with Gasteiger partial charge in [-0.05, 0) is 43.3 Å². The number of nitrogens with zero attached hydrogens (tertiary/aromatic N) is 3. The molecule has 0 aliphatic rings. The van der Waals surface area contributed by atoms with Gasteiger partial charge in [0.15, 0.2) is 5.69 Å². The summed E-state index contributed by atoms with van der Waals surface area (Å²) in [6.45, 7) is 1.88. The zero-order valence-electron chi connectivity index (χ0n) is 13.0. The fraction of sp³-hybridized carbons (Fsp3) is 0.111. The number of aliphatic imine (C=N–C) groups is 1. The Morgan fingerprint density at radius 2 is 1.91 bits per heavy atom. The Labute approximate surface area is 133 Å². The van der Waals surface area contributed by atoms with Crippen molar-refractivity contribution in [2.24, 2.45) is 12.0 Å². The Bertz CT molecular complexity index is 898. The topological polar surface area (TPSA) is 52.4 Å². The highest BCUT2D eigenvalue weighted by Crippen LogP contribution is 2.16. The number of hydrogen-bond acceptors (Lipinski definition) is 3. The van der Waals surface area contributed by atoms with Crippen LogP contribution < -0.4 is 5.56 Å². The van der Waals surface area contributed by atoms with E-state index in [0.29, 0.717) is 5.69 Å². The zero-order valence-corrected chi connectivity index (χ0v) is 13.0. The number of rotatable bonds is 4. The highest BCUT2D eigenvalue weighted by molar-refractivity contribution is 5.80. The lowest BCUT2D eigenvalue weighted by molar-refractivity contribution is 0.557. The zero-order chi connectivity index (χ0) is 16.2. The number of para-hydroxylation sites is 1. The van der Waals surface area contributed by atoms with Crippen LogP contribution in [-0.2, 0) is 7.05 Å². The van der Waals surface area contributed by atoms with Crippen LogP contribution in [0, 0.1) is 6.92 Å². The van der Waals surface area contributed by atoms with E-state index in [1.54, 1.807) is 34.0 Å². The number of allylic oxidation sites excluding steroid dienone is 1. The molecule has 116 valence electrons. The van der Waals surface area contributed by atoms with Crippen LogP contribution in [0.15, 0.2) is 69.0 Å². The molecule has 5 heteroatoms. The third kappa shape index (κ3) is 2.94. The van der Waals surface area contributed by atoms with E-state index < -0.39 is 0 Å². The van der Waals surface area contributed by atoms with Crippen LogP contribution in [0.1, 0.15) is 11.5 Å². The van der Waals surface area contributed by atoms with Gasteiger partial charge in [0, 0.05) is 13.3 Å². The van der Waals surface area contributed by atoms with Crippen LogP contribution in [0.2, 0.25) is 0 Å². The van der Waals surface area contributed by atoms with E-state index in [4.69, 9.17) is 4.42 Å². The van der Waals surface area contributed by atoms with Gasteiger partial charge in [-0.2, -0.15) is 0 Å². The molecule has 0 saturated heterocycles. The molecular formula is C18H17N3O2. The van der Waals surface area contributed by atoms with Crippen molar-refractivity contribution in [3.63, 3.8) is 0 Å². The Balaban J connectivity index is 1.93. The average molecular weight is 307 g/mol. The maximum Gasteiger partial charge on any atom is 0.297 e. The lowest BCUT2D eigenvalue weighted by atomic mass is 10.3. The molecule has 0 fully saturated rings. The van der Waals surface area contributed by atoms with Crippen LogP contribution in [0.4, 0.5) is 5.69 Å². The molecule has 0 N–H and O–H groups in total. The van der Waals surface area contributed by atoms with Gasteiger partial charge in [-0.3, -0.25) is 9.48 Å². The van der Waals surface area contributed by atoms with Gasteiger partial charge >= 0.3 is 0 Å². The van der Waals surface area contributed by atoms with Crippen molar-refractivity contribution in [2.45, 2.75) is 6.92 Å². The van der Waals surface area contributed by atoms with Gasteiger partial charge in [-0.25, -0.2) is 9.67 Å². The van der Waals surface area contributed by atoms with Gasteiger partial charge < -0.3 is 4.42 Å². The summed E-state index contributed by atoms with van der Waals surface area (Å²) in [5, 5.41) is 0. The summed E-state index contributed by atoms with van der Waals surface area (Å²) in [6.07, 6.45) is 6.74. The fourth-order valence-electron chi connectivity index (χ4n) is 2.34. The van der Waals surface area contributed by atoms with Crippen molar-refractivity contribution >= 4 is 18.0 Å². The maximum absolute atomic E-state index is 12.6. The molecule has 0 atom stereocenters. The van der Waals surface area contributed by atoms with E-state index >= 15 is 0 Å². The molecule has 0 aliphatic carbocycles.